The molecule has 1 atom stereocenters. The van der Waals surface area contributed by atoms with E-state index in [1.54, 1.807) is 0 Å². The Labute approximate surface area is 149 Å². The Morgan fingerprint density at radius 1 is 1.08 bits per heavy atom. The maximum atomic E-state index is 13.1. The van der Waals surface area contributed by atoms with Gasteiger partial charge in [0.05, 0.1) is 6.10 Å². The average Bonchev–Trinajstić information content (AvgIpc) is 2.63. The predicted octanol–water partition coefficient (Wildman–Crippen LogP) is 3.63. The van der Waals surface area contributed by atoms with Crippen LogP contribution < -0.4 is 5.32 Å². The monoisotopic (exact) mass is 342 g/mol. The Morgan fingerprint density at radius 2 is 1.72 bits per heavy atom. The molecule has 1 saturated heterocycles. The Bertz CT molecular complexity index is 666. The minimum absolute atomic E-state index is 0.135. The smallest absolute Gasteiger partial charge is 0.123 e. The van der Waals surface area contributed by atoms with E-state index in [-0.39, 0.29) is 18.0 Å². The van der Waals surface area contributed by atoms with Crippen molar-refractivity contribution in [3.8, 4) is 0 Å². The van der Waals surface area contributed by atoms with Gasteiger partial charge in [-0.05, 0) is 48.6 Å². The summed E-state index contributed by atoms with van der Waals surface area (Å²) in [5.74, 6) is -0.201. The molecular formula is C21H27FN2O. The number of piperidine rings is 1. The summed E-state index contributed by atoms with van der Waals surface area (Å²) < 4.78 is 13.1. The Balaban J connectivity index is 1.59. The first-order chi connectivity index (χ1) is 12.1. The summed E-state index contributed by atoms with van der Waals surface area (Å²) in [6, 6.07) is 15.3. The Hall–Kier alpha value is -1.75. The number of nitrogens with one attached hydrogen (secondary N) is 1. The molecule has 1 aliphatic heterocycles. The summed E-state index contributed by atoms with van der Waals surface area (Å²) in [4.78, 5) is 2.41. The van der Waals surface area contributed by atoms with E-state index in [0.717, 1.165) is 44.6 Å². The quantitative estimate of drug-likeness (QED) is 0.841. The zero-order valence-electron chi connectivity index (χ0n) is 14.8. The van der Waals surface area contributed by atoms with E-state index in [2.05, 4.69) is 41.4 Å². The van der Waals surface area contributed by atoms with Gasteiger partial charge >= 0.3 is 0 Å². The van der Waals surface area contributed by atoms with E-state index in [4.69, 9.17) is 0 Å². The molecule has 134 valence electrons. The van der Waals surface area contributed by atoms with Crippen LogP contribution in [0.25, 0.3) is 0 Å². The van der Waals surface area contributed by atoms with E-state index in [1.807, 2.05) is 12.1 Å². The molecule has 2 aromatic carbocycles. The van der Waals surface area contributed by atoms with Crippen LogP contribution in [0.2, 0.25) is 0 Å². The van der Waals surface area contributed by atoms with Crippen LogP contribution in [0, 0.1) is 5.82 Å². The Morgan fingerprint density at radius 3 is 2.40 bits per heavy atom. The van der Waals surface area contributed by atoms with Gasteiger partial charge < -0.3 is 10.4 Å². The number of hydrogen-bond donors (Lipinski definition) is 2. The van der Waals surface area contributed by atoms with Gasteiger partial charge in [-0.1, -0.05) is 36.4 Å². The molecule has 0 amide bonds. The number of benzene rings is 2. The first-order valence-corrected chi connectivity index (χ1v) is 9.08. The number of nitrogens with zero attached hydrogens (tertiary/aromatic N) is 1. The lowest BCUT2D eigenvalue weighted by Gasteiger charge is -2.30. The van der Waals surface area contributed by atoms with Gasteiger partial charge in [-0.25, -0.2) is 4.39 Å². The molecule has 0 aliphatic carbocycles. The second kappa shape index (κ2) is 8.56. The number of halogens is 1. The molecule has 25 heavy (non-hydrogen) atoms. The summed E-state index contributed by atoms with van der Waals surface area (Å²) in [5.41, 5.74) is 3.71. The fraction of sp³-hybridized carbons (Fsp3) is 0.429. The largest absolute Gasteiger partial charge is 0.393 e. The van der Waals surface area contributed by atoms with Crippen molar-refractivity contribution in [3.05, 3.63) is 71.0 Å². The van der Waals surface area contributed by atoms with E-state index >= 15 is 0 Å². The van der Waals surface area contributed by atoms with Crippen LogP contribution in [-0.4, -0.2) is 29.2 Å². The molecule has 1 heterocycles. The third kappa shape index (κ3) is 5.11. The lowest BCUT2D eigenvalue weighted by Crippen LogP contribution is -2.35. The summed E-state index contributed by atoms with van der Waals surface area (Å²) in [5, 5.41) is 13.2. The first-order valence-electron chi connectivity index (χ1n) is 9.08. The molecule has 2 aromatic rings. The summed E-state index contributed by atoms with van der Waals surface area (Å²) in [7, 11) is 0. The molecule has 2 N–H and O–H groups in total. The minimum atomic E-state index is -0.201. The fourth-order valence-electron chi connectivity index (χ4n) is 3.33. The van der Waals surface area contributed by atoms with Crippen LogP contribution in [0.3, 0.4) is 0 Å². The highest BCUT2D eigenvalue weighted by Crippen LogP contribution is 2.18. The third-order valence-electron chi connectivity index (χ3n) is 5.04. The molecule has 3 nitrogen and oxygen atoms in total. The van der Waals surface area contributed by atoms with Crippen LogP contribution >= 0.6 is 0 Å². The first kappa shape index (κ1) is 18.1. The summed E-state index contributed by atoms with van der Waals surface area (Å²) in [6.45, 7) is 5.71. The molecule has 0 radical (unpaired) electrons. The highest BCUT2D eigenvalue weighted by atomic mass is 19.1. The standard InChI is InChI=1S/C21H27FN2O/c1-16(17-6-8-20(22)9-7-17)23-14-18-4-2-3-5-19(18)15-24-12-10-21(25)11-13-24/h2-9,16,21,23,25H,10-15H2,1H3. The molecule has 3 rings (SSSR count). The van der Waals surface area contributed by atoms with Gasteiger partial charge in [-0.15, -0.1) is 0 Å². The van der Waals surface area contributed by atoms with Crippen LogP contribution in [0.5, 0.6) is 0 Å². The van der Waals surface area contributed by atoms with Crippen molar-refractivity contribution in [3.63, 3.8) is 0 Å². The van der Waals surface area contributed by atoms with Gasteiger partial charge in [-0.3, -0.25) is 4.90 Å². The lowest BCUT2D eigenvalue weighted by molar-refractivity contribution is 0.0791. The molecule has 1 fully saturated rings. The van der Waals surface area contributed by atoms with Crippen LogP contribution in [0.4, 0.5) is 4.39 Å². The second-order valence-electron chi connectivity index (χ2n) is 6.93. The van der Waals surface area contributed by atoms with Crippen LogP contribution in [-0.2, 0) is 13.1 Å². The van der Waals surface area contributed by atoms with Crippen molar-refractivity contribution in [2.75, 3.05) is 13.1 Å². The number of aliphatic hydroxyl groups is 1. The zero-order valence-corrected chi connectivity index (χ0v) is 14.8. The fourth-order valence-corrected chi connectivity index (χ4v) is 3.33. The molecule has 0 bridgehead atoms. The van der Waals surface area contributed by atoms with Gasteiger partial charge in [0, 0.05) is 32.2 Å². The topological polar surface area (TPSA) is 35.5 Å². The molecular weight excluding hydrogens is 315 g/mol. The number of likely N-dealkylation sites (tertiary alicyclic amines) is 1. The normalized spacial score (nSPS) is 17.6. The maximum absolute atomic E-state index is 13.1. The van der Waals surface area contributed by atoms with E-state index < -0.39 is 0 Å². The van der Waals surface area contributed by atoms with Gasteiger partial charge in [0.2, 0.25) is 0 Å². The van der Waals surface area contributed by atoms with Gasteiger partial charge in [-0.2, -0.15) is 0 Å². The molecule has 0 spiro atoms. The third-order valence-corrected chi connectivity index (χ3v) is 5.04. The summed E-state index contributed by atoms with van der Waals surface area (Å²) >= 11 is 0. The second-order valence-corrected chi connectivity index (χ2v) is 6.93. The molecule has 1 unspecified atom stereocenters. The van der Waals surface area contributed by atoms with E-state index in [0.29, 0.717) is 0 Å². The highest BCUT2D eigenvalue weighted by Gasteiger charge is 2.18. The maximum Gasteiger partial charge on any atom is 0.123 e. The average molecular weight is 342 g/mol. The molecule has 0 aromatic heterocycles. The molecule has 0 saturated carbocycles. The number of hydrogen-bond acceptors (Lipinski definition) is 3. The highest BCUT2D eigenvalue weighted by molar-refractivity contribution is 5.27. The van der Waals surface area contributed by atoms with Gasteiger partial charge in [0.15, 0.2) is 0 Å². The molecule has 4 heteroatoms. The van der Waals surface area contributed by atoms with Crippen molar-refractivity contribution in [1.29, 1.82) is 0 Å². The van der Waals surface area contributed by atoms with Crippen LogP contribution in [0.15, 0.2) is 48.5 Å². The SMILES string of the molecule is CC(NCc1ccccc1CN1CCC(O)CC1)c1ccc(F)cc1. The van der Waals surface area contributed by atoms with E-state index in [1.165, 1.54) is 23.3 Å². The summed E-state index contributed by atoms with van der Waals surface area (Å²) in [6.07, 6.45) is 1.59. The number of aliphatic hydroxyl groups excluding tert-OH is 1. The predicted molar refractivity (Wildman–Crippen MR) is 98.6 cm³/mol. The molecule has 1 aliphatic rings. The van der Waals surface area contributed by atoms with Crippen molar-refractivity contribution < 1.29 is 9.50 Å². The van der Waals surface area contributed by atoms with Gasteiger partial charge in [0.25, 0.3) is 0 Å². The lowest BCUT2D eigenvalue weighted by atomic mass is 10.0. The van der Waals surface area contributed by atoms with Gasteiger partial charge in [0.1, 0.15) is 5.82 Å². The van der Waals surface area contributed by atoms with Crippen molar-refractivity contribution in [1.82, 2.24) is 10.2 Å². The van der Waals surface area contributed by atoms with Crippen molar-refractivity contribution >= 4 is 0 Å². The number of rotatable bonds is 6. The van der Waals surface area contributed by atoms with Crippen molar-refractivity contribution in [2.24, 2.45) is 0 Å². The minimum Gasteiger partial charge on any atom is -0.393 e. The zero-order chi connectivity index (χ0) is 17.6. The van der Waals surface area contributed by atoms with Crippen molar-refractivity contribution in [2.45, 2.75) is 45.0 Å². The van der Waals surface area contributed by atoms with Crippen LogP contribution in [0.1, 0.15) is 42.5 Å². The Kier molecular flexibility index (Phi) is 6.19. The van der Waals surface area contributed by atoms with E-state index in [9.17, 15) is 9.50 Å².